The molecule has 2 rings (SSSR count). The maximum atomic E-state index is 5.89. The third-order valence-electron chi connectivity index (χ3n) is 2.26. The standard InChI is InChI=1S/C13H12BrNS/c14-11-5-7-12(8-6-11)16-9-10-3-1-2-4-13(10)15/h1-8H,9,15H2. The van der Waals surface area contributed by atoms with Gasteiger partial charge in [0.15, 0.2) is 0 Å². The number of hydrogen-bond acceptors (Lipinski definition) is 2. The Kier molecular flexibility index (Phi) is 3.91. The van der Waals surface area contributed by atoms with Gasteiger partial charge in [-0.05, 0) is 35.9 Å². The molecule has 0 aliphatic heterocycles. The second-order valence-corrected chi connectivity index (χ2v) is 5.41. The molecule has 0 amide bonds. The van der Waals surface area contributed by atoms with Gasteiger partial charge in [0.05, 0.1) is 0 Å². The lowest BCUT2D eigenvalue weighted by Crippen LogP contribution is -1.91. The number of rotatable bonds is 3. The van der Waals surface area contributed by atoms with Crippen LogP contribution in [0.15, 0.2) is 57.9 Å². The van der Waals surface area contributed by atoms with E-state index in [2.05, 4.69) is 46.3 Å². The van der Waals surface area contributed by atoms with Crippen molar-refractivity contribution in [3.63, 3.8) is 0 Å². The zero-order valence-corrected chi connectivity index (χ0v) is 11.1. The summed E-state index contributed by atoms with van der Waals surface area (Å²) in [5, 5.41) is 0. The molecule has 0 unspecified atom stereocenters. The maximum Gasteiger partial charge on any atom is 0.0355 e. The van der Waals surface area contributed by atoms with Gasteiger partial charge >= 0.3 is 0 Å². The lowest BCUT2D eigenvalue weighted by Gasteiger charge is -2.05. The van der Waals surface area contributed by atoms with Gasteiger partial charge in [0, 0.05) is 20.8 Å². The van der Waals surface area contributed by atoms with E-state index in [0.29, 0.717) is 0 Å². The molecule has 0 aliphatic carbocycles. The summed E-state index contributed by atoms with van der Waals surface area (Å²) in [6, 6.07) is 16.3. The van der Waals surface area contributed by atoms with Gasteiger partial charge in [-0.1, -0.05) is 34.1 Å². The number of thioether (sulfide) groups is 1. The molecule has 0 aromatic heterocycles. The molecular formula is C13H12BrNS. The molecule has 0 fully saturated rings. The number of nitrogens with two attached hydrogens (primary N) is 1. The average Bonchev–Trinajstić information content (AvgIpc) is 2.30. The van der Waals surface area contributed by atoms with Crippen LogP contribution >= 0.6 is 27.7 Å². The SMILES string of the molecule is Nc1ccccc1CSc1ccc(Br)cc1. The van der Waals surface area contributed by atoms with E-state index in [9.17, 15) is 0 Å². The Labute approximate surface area is 108 Å². The van der Waals surface area contributed by atoms with E-state index in [-0.39, 0.29) is 0 Å². The zero-order chi connectivity index (χ0) is 11.4. The summed E-state index contributed by atoms with van der Waals surface area (Å²) in [5.41, 5.74) is 7.95. The van der Waals surface area contributed by atoms with Crippen LogP contribution in [0, 0.1) is 0 Å². The van der Waals surface area contributed by atoms with Crippen molar-refractivity contribution in [2.75, 3.05) is 5.73 Å². The second-order valence-electron chi connectivity index (χ2n) is 3.44. The number of para-hydroxylation sites is 1. The van der Waals surface area contributed by atoms with Gasteiger partial charge in [0.2, 0.25) is 0 Å². The predicted octanol–water partition coefficient (Wildman–Crippen LogP) is 4.32. The molecule has 0 atom stereocenters. The van der Waals surface area contributed by atoms with Crippen LogP contribution in [0.2, 0.25) is 0 Å². The van der Waals surface area contributed by atoms with Crippen LogP contribution in [-0.2, 0) is 5.75 Å². The summed E-state index contributed by atoms with van der Waals surface area (Å²) in [7, 11) is 0. The Bertz CT molecular complexity index is 468. The fourth-order valence-corrected chi connectivity index (χ4v) is 2.54. The molecule has 16 heavy (non-hydrogen) atoms. The normalized spacial score (nSPS) is 10.3. The van der Waals surface area contributed by atoms with Crippen LogP contribution < -0.4 is 5.73 Å². The fraction of sp³-hybridized carbons (Fsp3) is 0.0769. The maximum absolute atomic E-state index is 5.89. The molecule has 0 saturated carbocycles. The average molecular weight is 294 g/mol. The molecule has 2 N–H and O–H groups in total. The van der Waals surface area contributed by atoms with Gasteiger partial charge in [-0.2, -0.15) is 0 Å². The van der Waals surface area contributed by atoms with Gasteiger partial charge in [-0.3, -0.25) is 0 Å². The van der Waals surface area contributed by atoms with Gasteiger partial charge < -0.3 is 5.73 Å². The van der Waals surface area contributed by atoms with Crippen molar-refractivity contribution in [1.82, 2.24) is 0 Å². The Balaban J connectivity index is 2.02. The smallest absolute Gasteiger partial charge is 0.0355 e. The zero-order valence-electron chi connectivity index (χ0n) is 8.69. The number of nitrogen functional groups attached to an aromatic ring is 1. The van der Waals surface area contributed by atoms with Crippen LogP contribution in [0.4, 0.5) is 5.69 Å². The van der Waals surface area contributed by atoms with Crippen LogP contribution in [0.1, 0.15) is 5.56 Å². The molecule has 0 aliphatic rings. The van der Waals surface area contributed by atoms with E-state index < -0.39 is 0 Å². The highest BCUT2D eigenvalue weighted by molar-refractivity contribution is 9.10. The molecule has 0 spiro atoms. The molecule has 3 heteroatoms. The fourth-order valence-electron chi connectivity index (χ4n) is 1.36. The Hall–Kier alpha value is -0.930. The first-order valence-electron chi connectivity index (χ1n) is 4.97. The van der Waals surface area contributed by atoms with Crippen LogP contribution in [0.3, 0.4) is 0 Å². The minimum absolute atomic E-state index is 0.868. The summed E-state index contributed by atoms with van der Waals surface area (Å²) in [6.45, 7) is 0. The molecule has 0 heterocycles. The molecule has 2 aromatic rings. The monoisotopic (exact) mass is 293 g/mol. The summed E-state index contributed by atoms with van der Waals surface area (Å²) < 4.78 is 1.11. The van der Waals surface area contributed by atoms with Crippen molar-refractivity contribution in [2.45, 2.75) is 10.6 Å². The van der Waals surface area contributed by atoms with Crippen molar-refractivity contribution < 1.29 is 0 Å². The van der Waals surface area contributed by atoms with E-state index >= 15 is 0 Å². The molecule has 0 radical (unpaired) electrons. The quantitative estimate of drug-likeness (QED) is 0.674. The topological polar surface area (TPSA) is 26.0 Å². The summed E-state index contributed by atoms with van der Waals surface area (Å²) >= 11 is 5.22. The highest BCUT2D eigenvalue weighted by Crippen LogP contribution is 2.26. The lowest BCUT2D eigenvalue weighted by molar-refractivity contribution is 1.38. The summed E-state index contributed by atoms with van der Waals surface area (Å²) in [6.07, 6.45) is 0. The van der Waals surface area contributed by atoms with E-state index in [1.807, 2.05) is 18.2 Å². The third-order valence-corrected chi connectivity index (χ3v) is 3.85. The van der Waals surface area contributed by atoms with Crippen molar-refractivity contribution in [2.24, 2.45) is 0 Å². The highest BCUT2D eigenvalue weighted by Gasteiger charge is 1.99. The first-order chi connectivity index (χ1) is 7.75. The molecule has 82 valence electrons. The van der Waals surface area contributed by atoms with Crippen LogP contribution in [0.5, 0.6) is 0 Å². The van der Waals surface area contributed by atoms with Crippen molar-refractivity contribution in [3.05, 3.63) is 58.6 Å². The first-order valence-corrected chi connectivity index (χ1v) is 6.75. The molecule has 0 bridgehead atoms. The largest absolute Gasteiger partial charge is 0.398 e. The van der Waals surface area contributed by atoms with Crippen molar-refractivity contribution >= 4 is 33.4 Å². The van der Waals surface area contributed by atoms with Gasteiger partial charge in [0.25, 0.3) is 0 Å². The number of benzene rings is 2. The number of anilines is 1. The predicted molar refractivity (Wildman–Crippen MR) is 74.6 cm³/mol. The second kappa shape index (κ2) is 5.41. The third kappa shape index (κ3) is 3.03. The van der Waals surface area contributed by atoms with Crippen LogP contribution in [0.25, 0.3) is 0 Å². The van der Waals surface area contributed by atoms with Crippen molar-refractivity contribution in [3.8, 4) is 0 Å². The molecule has 1 nitrogen and oxygen atoms in total. The van der Waals surface area contributed by atoms with Crippen molar-refractivity contribution in [1.29, 1.82) is 0 Å². The lowest BCUT2D eigenvalue weighted by atomic mass is 10.2. The molecule has 2 aromatic carbocycles. The molecular weight excluding hydrogens is 282 g/mol. The number of hydrogen-bond donors (Lipinski definition) is 1. The minimum Gasteiger partial charge on any atom is -0.398 e. The Morgan fingerprint density at radius 1 is 1.00 bits per heavy atom. The minimum atomic E-state index is 0.868. The van der Waals surface area contributed by atoms with Gasteiger partial charge in [-0.15, -0.1) is 11.8 Å². The van der Waals surface area contributed by atoms with Gasteiger partial charge in [-0.25, -0.2) is 0 Å². The summed E-state index contributed by atoms with van der Waals surface area (Å²) in [4.78, 5) is 1.26. The first kappa shape index (κ1) is 11.6. The Morgan fingerprint density at radius 2 is 1.69 bits per heavy atom. The van der Waals surface area contributed by atoms with Gasteiger partial charge in [0.1, 0.15) is 0 Å². The van der Waals surface area contributed by atoms with Crippen LogP contribution in [-0.4, -0.2) is 0 Å². The highest BCUT2D eigenvalue weighted by atomic mass is 79.9. The number of halogens is 1. The molecule has 0 saturated heterocycles. The van der Waals surface area contributed by atoms with E-state index in [4.69, 9.17) is 5.73 Å². The summed E-state index contributed by atoms with van der Waals surface area (Å²) in [5.74, 6) is 0.911. The van der Waals surface area contributed by atoms with E-state index in [0.717, 1.165) is 15.9 Å². The Morgan fingerprint density at radius 3 is 2.38 bits per heavy atom. The van der Waals surface area contributed by atoms with E-state index in [1.165, 1.54) is 10.5 Å². The van der Waals surface area contributed by atoms with E-state index in [1.54, 1.807) is 11.8 Å².